The molecule has 0 amide bonds. The third kappa shape index (κ3) is 4.23. The van der Waals surface area contributed by atoms with Crippen LogP contribution in [0.1, 0.15) is 24.9 Å². The molecule has 20 heavy (non-hydrogen) atoms. The summed E-state index contributed by atoms with van der Waals surface area (Å²) in [4.78, 5) is 0. The van der Waals surface area contributed by atoms with Crippen LogP contribution in [0.3, 0.4) is 0 Å². The third-order valence-corrected chi connectivity index (χ3v) is 6.54. The van der Waals surface area contributed by atoms with E-state index in [4.69, 9.17) is 16.3 Å². The summed E-state index contributed by atoms with van der Waals surface area (Å²) in [6, 6.07) is 6.52. The Morgan fingerprint density at radius 1 is 1.45 bits per heavy atom. The lowest BCUT2D eigenvalue weighted by atomic mass is 10.0. The zero-order valence-electron chi connectivity index (χ0n) is 12.0. The Kier molecular flexibility index (Phi) is 6.88. The molecule has 1 fully saturated rings. The van der Waals surface area contributed by atoms with Crippen molar-refractivity contribution in [3.8, 4) is 5.75 Å². The van der Waals surface area contributed by atoms with Crippen LogP contribution in [0, 0.1) is 0 Å². The lowest BCUT2D eigenvalue weighted by Crippen LogP contribution is -2.34. The van der Waals surface area contributed by atoms with Gasteiger partial charge in [0.25, 0.3) is 0 Å². The topological polar surface area (TPSA) is 21.3 Å². The number of hydrogen-bond donors (Lipinski definition) is 1. The fraction of sp³-hybridized carbons (Fsp3) is 0.600. The van der Waals surface area contributed by atoms with Gasteiger partial charge in [-0.2, -0.15) is 23.5 Å². The molecule has 0 radical (unpaired) electrons. The summed E-state index contributed by atoms with van der Waals surface area (Å²) >= 11 is 10.3. The summed E-state index contributed by atoms with van der Waals surface area (Å²) in [6.07, 6.45) is 1.14. The van der Waals surface area contributed by atoms with E-state index in [1.165, 1.54) is 22.8 Å². The lowest BCUT2D eigenvalue weighted by molar-refractivity contribution is 0.413. The van der Waals surface area contributed by atoms with Crippen molar-refractivity contribution >= 4 is 35.1 Å². The molecule has 2 unspecified atom stereocenters. The largest absolute Gasteiger partial charge is 0.495 e. The van der Waals surface area contributed by atoms with Crippen LogP contribution in [0.5, 0.6) is 5.75 Å². The minimum atomic E-state index is 0.374. The van der Waals surface area contributed by atoms with E-state index < -0.39 is 0 Å². The van der Waals surface area contributed by atoms with Gasteiger partial charge >= 0.3 is 0 Å². The molecule has 1 aromatic carbocycles. The second kappa shape index (κ2) is 8.42. The maximum atomic E-state index is 6.14. The van der Waals surface area contributed by atoms with E-state index >= 15 is 0 Å². The van der Waals surface area contributed by atoms with Crippen molar-refractivity contribution in [2.24, 2.45) is 0 Å². The van der Waals surface area contributed by atoms with Gasteiger partial charge in [-0.3, -0.25) is 0 Å². The minimum absolute atomic E-state index is 0.374. The molecular weight excluding hydrogens is 310 g/mol. The molecule has 5 heteroatoms. The minimum Gasteiger partial charge on any atom is -0.495 e. The highest BCUT2D eigenvalue weighted by Crippen LogP contribution is 2.36. The molecule has 0 bridgehead atoms. The molecule has 1 heterocycles. The van der Waals surface area contributed by atoms with Gasteiger partial charge < -0.3 is 10.1 Å². The average Bonchev–Trinajstić information content (AvgIpc) is 2.50. The molecular formula is C15H22ClNOS2. The van der Waals surface area contributed by atoms with Crippen LogP contribution < -0.4 is 10.1 Å². The molecule has 0 saturated carbocycles. The van der Waals surface area contributed by atoms with E-state index in [1.807, 2.05) is 6.07 Å². The Hall–Kier alpha value is -0.0300. The Balaban J connectivity index is 2.20. The Morgan fingerprint density at radius 2 is 2.30 bits per heavy atom. The van der Waals surface area contributed by atoms with Crippen molar-refractivity contribution in [1.82, 2.24) is 5.32 Å². The van der Waals surface area contributed by atoms with Crippen LogP contribution in [-0.4, -0.2) is 36.2 Å². The number of ether oxygens (including phenoxy) is 1. The quantitative estimate of drug-likeness (QED) is 0.841. The second-order valence-electron chi connectivity index (χ2n) is 4.81. The number of methoxy groups -OCH3 is 1. The molecule has 0 aliphatic carbocycles. The molecule has 2 atom stereocenters. The first kappa shape index (κ1) is 16.3. The zero-order valence-corrected chi connectivity index (χ0v) is 14.4. The highest BCUT2D eigenvalue weighted by atomic mass is 35.5. The summed E-state index contributed by atoms with van der Waals surface area (Å²) in [5.74, 6) is 4.48. The van der Waals surface area contributed by atoms with E-state index in [-0.39, 0.29) is 0 Å². The second-order valence-corrected chi connectivity index (χ2v) is 7.71. The Morgan fingerprint density at radius 3 is 2.95 bits per heavy atom. The first-order valence-corrected chi connectivity index (χ1v) is 9.60. The molecule has 2 nitrogen and oxygen atoms in total. The summed E-state index contributed by atoms with van der Waals surface area (Å²) in [7, 11) is 1.67. The maximum absolute atomic E-state index is 6.14. The molecule has 0 aromatic heterocycles. The van der Waals surface area contributed by atoms with Crippen molar-refractivity contribution in [1.29, 1.82) is 0 Å². The fourth-order valence-corrected chi connectivity index (χ4v) is 5.40. The van der Waals surface area contributed by atoms with Crippen molar-refractivity contribution < 1.29 is 4.74 Å². The van der Waals surface area contributed by atoms with Gasteiger partial charge in [-0.1, -0.05) is 24.6 Å². The average molecular weight is 332 g/mol. The van der Waals surface area contributed by atoms with Crippen molar-refractivity contribution in [2.45, 2.75) is 24.6 Å². The molecule has 2 rings (SSSR count). The lowest BCUT2D eigenvalue weighted by Gasteiger charge is -2.31. The summed E-state index contributed by atoms with van der Waals surface area (Å²) in [5.41, 5.74) is 1.28. The summed E-state index contributed by atoms with van der Waals surface area (Å²) < 4.78 is 5.36. The van der Waals surface area contributed by atoms with E-state index in [0.717, 1.165) is 18.7 Å². The van der Waals surface area contributed by atoms with Gasteiger partial charge in [-0.15, -0.1) is 0 Å². The molecule has 1 aliphatic heterocycles. The molecule has 1 saturated heterocycles. The normalized spacial score (nSPS) is 20.6. The first-order valence-electron chi connectivity index (χ1n) is 7.02. The van der Waals surface area contributed by atoms with Gasteiger partial charge in [0.2, 0.25) is 0 Å². The van der Waals surface area contributed by atoms with Crippen molar-refractivity contribution in [3.63, 3.8) is 0 Å². The zero-order chi connectivity index (χ0) is 14.4. The van der Waals surface area contributed by atoms with E-state index in [2.05, 4.69) is 47.9 Å². The molecule has 1 aromatic rings. The number of thioether (sulfide) groups is 2. The predicted molar refractivity (Wildman–Crippen MR) is 92.6 cm³/mol. The first-order chi connectivity index (χ1) is 9.76. The summed E-state index contributed by atoms with van der Waals surface area (Å²) in [5, 5.41) is 4.99. The van der Waals surface area contributed by atoms with Crippen LogP contribution in [0.2, 0.25) is 5.02 Å². The van der Waals surface area contributed by atoms with Gasteiger partial charge in [-0.25, -0.2) is 0 Å². The van der Waals surface area contributed by atoms with E-state index in [9.17, 15) is 0 Å². The van der Waals surface area contributed by atoms with E-state index in [0.29, 0.717) is 16.3 Å². The van der Waals surface area contributed by atoms with Crippen LogP contribution in [-0.2, 0) is 0 Å². The number of hydrogen-bond acceptors (Lipinski definition) is 4. The Bertz CT molecular complexity index is 424. The highest BCUT2D eigenvalue weighted by molar-refractivity contribution is 8.06. The van der Waals surface area contributed by atoms with Crippen LogP contribution in [0.15, 0.2) is 18.2 Å². The van der Waals surface area contributed by atoms with Gasteiger partial charge in [0.05, 0.1) is 12.1 Å². The van der Waals surface area contributed by atoms with Crippen LogP contribution in [0.25, 0.3) is 0 Å². The van der Waals surface area contributed by atoms with Gasteiger partial charge in [0, 0.05) is 28.6 Å². The smallest absolute Gasteiger partial charge is 0.137 e. The highest BCUT2D eigenvalue weighted by Gasteiger charge is 2.26. The number of benzene rings is 1. The fourth-order valence-electron chi connectivity index (χ4n) is 2.33. The molecule has 1 aliphatic rings. The van der Waals surface area contributed by atoms with Gasteiger partial charge in [0.15, 0.2) is 0 Å². The number of rotatable bonds is 6. The maximum Gasteiger partial charge on any atom is 0.137 e. The monoisotopic (exact) mass is 331 g/mol. The Labute approximate surface area is 135 Å². The predicted octanol–water partition coefficient (Wildman–Crippen LogP) is 4.24. The number of nitrogens with one attached hydrogen (secondary N) is 1. The van der Waals surface area contributed by atoms with Gasteiger partial charge in [0.1, 0.15) is 5.75 Å². The third-order valence-electron chi connectivity index (χ3n) is 3.36. The molecule has 0 spiro atoms. The van der Waals surface area contributed by atoms with Crippen molar-refractivity contribution in [2.75, 3.05) is 30.9 Å². The molecule has 1 N–H and O–H groups in total. The van der Waals surface area contributed by atoms with Crippen molar-refractivity contribution in [3.05, 3.63) is 28.8 Å². The van der Waals surface area contributed by atoms with Crippen LogP contribution in [0.4, 0.5) is 0 Å². The SMILES string of the molecule is CCCNC(c1ccc(Cl)c(OC)c1)C1CSCCS1. The van der Waals surface area contributed by atoms with Gasteiger partial charge in [-0.05, 0) is 30.7 Å². The van der Waals surface area contributed by atoms with Crippen LogP contribution >= 0.6 is 35.1 Å². The molecule has 112 valence electrons. The standard InChI is InChI=1S/C15H22ClNOS2/c1-3-6-17-15(14-10-19-7-8-20-14)11-4-5-12(16)13(9-11)18-2/h4-5,9,14-15,17H,3,6-8,10H2,1-2H3. The number of halogens is 1. The van der Waals surface area contributed by atoms with E-state index in [1.54, 1.807) is 7.11 Å². The summed E-state index contributed by atoms with van der Waals surface area (Å²) in [6.45, 7) is 3.24.